The second kappa shape index (κ2) is 11.1. The van der Waals surface area contributed by atoms with Crippen LogP contribution in [0.1, 0.15) is 92.2 Å². The highest BCUT2D eigenvalue weighted by Crippen LogP contribution is 2.35. The highest BCUT2D eigenvalue weighted by Gasteiger charge is 2.33. The number of rotatable bonds is 7. The van der Waals surface area contributed by atoms with Gasteiger partial charge in [0.1, 0.15) is 11.6 Å². The summed E-state index contributed by atoms with van der Waals surface area (Å²) in [5.41, 5.74) is 2.13. The van der Waals surface area contributed by atoms with Crippen molar-refractivity contribution in [2.24, 2.45) is 0 Å². The van der Waals surface area contributed by atoms with Gasteiger partial charge in [0.15, 0.2) is 5.82 Å². The van der Waals surface area contributed by atoms with E-state index in [9.17, 15) is 14.4 Å². The summed E-state index contributed by atoms with van der Waals surface area (Å²) in [6.07, 6.45) is 3.35. The van der Waals surface area contributed by atoms with Gasteiger partial charge in [0.05, 0.1) is 25.2 Å². The van der Waals surface area contributed by atoms with E-state index in [2.05, 4.69) is 28.6 Å². The third-order valence-corrected chi connectivity index (χ3v) is 8.68. The Kier molecular flexibility index (Phi) is 7.72. The van der Waals surface area contributed by atoms with Crippen molar-refractivity contribution < 1.29 is 14.3 Å². The van der Waals surface area contributed by atoms with Crippen molar-refractivity contribution in [3.63, 3.8) is 0 Å². The monoisotopic (exact) mass is 563 g/mol. The Morgan fingerprint density at radius 2 is 1.95 bits per heavy atom. The van der Waals surface area contributed by atoms with E-state index in [1.54, 1.807) is 27.0 Å². The molecule has 3 unspecified atom stereocenters. The average molecular weight is 564 g/mol. The fourth-order valence-corrected chi connectivity index (χ4v) is 6.50. The first-order valence-corrected chi connectivity index (χ1v) is 14.7. The molecule has 4 heterocycles. The molecule has 3 aromatic rings. The van der Waals surface area contributed by atoms with Gasteiger partial charge < -0.3 is 15.4 Å². The highest BCUT2D eigenvalue weighted by atomic mass is 32.1. The number of amides is 2. The number of nitrogens with one attached hydrogen (secondary N) is 2. The second-order valence-corrected chi connectivity index (χ2v) is 12.7. The molecule has 2 amide bonds. The average Bonchev–Trinajstić information content (AvgIpc) is 3.62. The molecule has 0 saturated heterocycles. The maximum Gasteiger partial charge on any atom is 0.410 e. The lowest BCUT2D eigenvalue weighted by Gasteiger charge is -2.24. The molecular formula is C30H37N5O4S. The lowest BCUT2D eigenvalue weighted by molar-refractivity contribution is -0.124. The quantitative estimate of drug-likeness (QED) is 0.394. The Labute approximate surface area is 238 Å². The van der Waals surface area contributed by atoms with Crippen LogP contribution in [0.25, 0.3) is 0 Å². The lowest BCUT2D eigenvalue weighted by atomic mass is 10.0. The maximum atomic E-state index is 13.5. The molecule has 0 saturated carbocycles. The molecule has 2 N–H and O–H groups in total. The number of fused-ring (bicyclic) bond motifs is 2. The van der Waals surface area contributed by atoms with Crippen LogP contribution in [0.5, 0.6) is 0 Å². The van der Waals surface area contributed by atoms with Gasteiger partial charge >= 0.3 is 6.09 Å². The van der Waals surface area contributed by atoms with E-state index in [0.717, 1.165) is 33.0 Å². The van der Waals surface area contributed by atoms with E-state index in [1.807, 2.05) is 58.0 Å². The number of ether oxygens (including phenoxy) is 1. The number of aromatic nitrogens is 2. The highest BCUT2D eigenvalue weighted by molar-refractivity contribution is 7.12. The summed E-state index contributed by atoms with van der Waals surface area (Å²) in [5.74, 6) is 0.0842. The van der Waals surface area contributed by atoms with Gasteiger partial charge in [-0.1, -0.05) is 37.3 Å². The zero-order chi connectivity index (χ0) is 28.6. The van der Waals surface area contributed by atoms with Gasteiger partial charge in [0, 0.05) is 21.6 Å². The van der Waals surface area contributed by atoms with Crippen LogP contribution in [0.2, 0.25) is 0 Å². The smallest absolute Gasteiger partial charge is 0.410 e. The molecule has 40 heavy (non-hydrogen) atoms. The van der Waals surface area contributed by atoms with Crippen LogP contribution < -0.4 is 16.2 Å². The van der Waals surface area contributed by atoms with Gasteiger partial charge in [0.25, 0.3) is 5.56 Å². The minimum Gasteiger partial charge on any atom is -0.444 e. The van der Waals surface area contributed by atoms with E-state index >= 15 is 0 Å². The molecule has 5 rings (SSSR count). The summed E-state index contributed by atoms with van der Waals surface area (Å²) < 4.78 is 7.10. The van der Waals surface area contributed by atoms with E-state index in [0.29, 0.717) is 25.9 Å². The normalized spacial score (nSPS) is 17.6. The number of aryl methyl sites for hydroxylation is 1. The van der Waals surface area contributed by atoms with Crippen molar-refractivity contribution in [3.8, 4) is 0 Å². The zero-order valence-corrected chi connectivity index (χ0v) is 24.5. The van der Waals surface area contributed by atoms with Gasteiger partial charge in [0.2, 0.25) is 5.91 Å². The molecule has 0 spiro atoms. The summed E-state index contributed by atoms with van der Waals surface area (Å²) >= 11 is 1.60. The summed E-state index contributed by atoms with van der Waals surface area (Å²) in [5, 5.41) is 6.43. The minimum absolute atomic E-state index is 0.0548. The molecule has 2 aliphatic rings. The van der Waals surface area contributed by atoms with Crippen LogP contribution in [0.4, 0.5) is 10.6 Å². The molecule has 3 atom stereocenters. The SMILES string of the molecule is CCC(Nc1ncc2n(c1=O)C(C(=O)NC(C)c1cc3c(s1)CN(C(=O)OC(C)(C)C)C3)CC2)c1ccccc1. The summed E-state index contributed by atoms with van der Waals surface area (Å²) in [6.45, 7) is 10.6. The molecule has 0 bridgehead atoms. The number of carbonyl (C=O) groups is 2. The zero-order valence-electron chi connectivity index (χ0n) is 23.7. The van der Waals surface area contributed by atoms with E-state index < -0.39 is 11.6 Å². The van der Waals surface area contributed by atoms with Gasteiger partial charge in [-0.2, -0.15) is 0 Å². The Morgan fingerprint density at radius 1 is 1.20 bits per heavy atom. The van der Waals surface area contributed by atoms with E-state index in [1.165, 1.54) is 0 Å². The number of nitrogens with zero attached hydrogens (tertiary/aromatic N) is 3. The molecule has 2 aromatic heterocycles. The number of hydrogen-bond acceptors (Lipinski definition) is 7. The van der Waals surface area contributed by atoms with Crippen molar-refractivity contribution in [2.75, 3.05) is 5.32 Å². The molecule has 212 valence electrons. The molecule has 0 radical (unpaired) electrons. The third-order valence-electron chi connectivity index (χ3n) is 7.33. The molecule has 9 nitrogen and oxygen atoms in total. The second-order valence-electron chi connectivity index (χ2n) is 11.5. The van der Waals surface area contributed by atoms with E-state index in [-0.39, 0.29) is 35.5 Å². The van der Waals surface area contributed by atoms with Crippen molar-refractivity contribution >= 4 is 29.2 Å². The number of benzene rings is 1. The lowest BCUT2D eigenvalue weighted by Crippen LogP contribution is -2.37. The van der Waals surface area contributed by atoms with Crippen LogP contribution in [0.3, 0.4) is 0 Å². The van der Waals surface area contributed by atoms with Crippen LogP contribution in [0, 0.1) is 0 Å². The largest absolute Gasteiger partial charge is 0.444 e. The molecular weight excluding hydrogens is 526 g/mol. The predicted octanol–water partition coefficient (Wildman–Crippen LogP) is 5.48. The Hall–Kier alpha value is -3.66. The first-order chi connectivity index (χ1) is 19.0. The Balaban J connectivity index is 1.26. The van der Waals surface area contributed by atoms with Gasteiger partial charge in [-0.05, 0) is 64.2 Å². The third kappa shape index (κ3) is 5.77. The fourth-order valence-electron chi connectivity index (χ4n) is 5.30. The summed E-state index contributed by atoms with van der Waals surface area (Å²) in [7, 11) is 0. The molecule has 1 aromatic carbocycles. The van der Waals surface area contributed by atoms with Crippen molar-refractivity contribution in [3.05, 3.63) is 79.5 Å². The number of anilines is 1. The van der Waals surface area contributed by atoms with E-state index in [4.69, 9.17) is 4.74 Å². The first kappa shape index (κ1) is 27.9. The van der Waals surface area contributed by atoms with Crippen LogP contribution in [-0.4, -0.2) is 32.1 Å². The number of hydrogen-bond donors (Lipinski definition) is 2. The summed E-state index contributed by atoms with van der Waals surface area (Å²) in [4.78, 5) is 47.6. The minimum atomic E-state index is -0.584. The fraction of sp³-hybridized carbons (Fsp3) is 0.467. The van der Waals surface area contributed by atoms with Gasteiger partial charge in [-0.3, -0.25) is 19.1 Å². The number of carbonyl (C=O) groups excluding carboxylic acids is 2. The first-order valence-electron chi connectivity index (χ1n) is 13.9. The Morgan fingerprint density at radius 3 is 2.62 bits per heavy atom. The van der Waals surface area contributed by atoms with Crippen LogP contribution >= 0.6 is 11.3 Å². The van der Waals surface area contributed by atoms with Gasteiger partial charge in [-0.15, -0.1) is 11.3 Å². The number of thiophene rings is 1. The standard InChI is InChI=1S/C30H37N5O4S/c1-6-22(19-10-8-7-9-11-19)33-26-28(37)35-21(15-31-26)12-13-23(35)27(36)32-18(2)24-14-20-16-34(17-25(20)40-24)29(38)39-30(3,4)5/h7-11,14-15,18,22-23H,6,12-13,16-17H2,1-5H3,(H,31,33)(H,32,36). The molecule has 2 aliphatic heterocycles. The molecule has 0 aliphatic carbocycles. The van der Waals surface area contributed by atoms with Crippen LogP contribution in [-0.2, 0) is 29.0 Å². The van der Waals surface area contributed by atoms with Crippen molar-refractivity contribution in [2.45, 2.75) is 90.7 Å². The van der Waals surface area contributed by atoms with Crippen LogP contribution in [0.15, 0.2) is 47.4 Å². The topological polar surface area (TPSA) is 106 Å². The van der Waals surface area contributed by atoms with Crippen molar-refractivity contribution in [1.82, 2.24) is 19.8 Å². The maximum absolute atomic E-state index is 13.5. The summed E-state index contributed by atoms with van der Waals surface area (Å²) in [6, 6.07) is 11.2. The predicted molar refractivity (Wildman–Crippen MR) is 155 cm³/mol. The van der Waals surface area contributed by atoms with Crippen molar-refractivity contribution in [1.29, 1.82) is 0 Å². The molecule has 10 heteroatoms. The Bertz CT molecular complexity index is 1440. The molecule has 0 fully saturated rings. The van der Waals surface area contributed by atoms with Gasteiger partial charge in [-0.25, -0.2) is 9.78 Å².